The molecule has 2 aromatic rings. The number of hydrogen-bond donors (Lipinski definition) is 1. The van der Waals surface area contributed by atoms with Crippen LogP contribution in [0.5, 0.6) is 0 Å². The molecule has 2 aromatic heterocycles. The van der Waals surface area contributed by atoms with Crippen LogP contribution >= 0.6 is 0 Å². The Hall–Kier alpha value is -3.94. The summed E-state index contributed by atoms with van der Waals surface area (Å²) in [5.74, 6) is 0.104. The van der Waals surface area contributed by atoms with Crippen molar-refractivity contribution in [2.45, 2.75) is 45.1 Å². The molecule has 5 rings (SSSR count). The third-order valence-electron chi connectivity index (χ3n) is 8.46. The molecule has 2 N–H and O–H groups in total. The maximum absolute atomic E-state index is 15.8. The van der Waals surface area contributed by atoms with Gasteiger partial charge in [0.05, 0.1) is 16.8 Å². The normalized spacial score (nSPS) is 21.6. The smallest absolute Gasteiger partial charge is 0.397 e. The Labute approximate surface area is 246 Å². The molecule has 2 aliphatic heterocycles. The van der Waals surface area contributed by atoms with Gasteiger partial charge in [-0.3, -0.25) is 19.1 Å². The molecule has 10 nitrogen and oxygen atoms in total. The number of pyridine rings is 1. The van der Waals surface area contributed by atoms with Gasteiger partial charge in [0.2, 0.25) is 11.9 Å². The van der Waals surface area contributed by atoms with E-state index < -0.39 is 28.8 Å². The average molecular weight is 605 g/mol. The van der Waals surface area contributed by atoms with Crippen molar-refractivity contribution in [3.63, 3.8) is 0 Å². The number of nitrogens with zero attached hydrogens (tertiary/aromatic N) is 7. The zero-order valence-corrected chi connectivity index (χ0v) is 24.5. The molecular formula is C29H36F4N8O2. The Morgan fingerprint density at radius 1 is 1.16 bits per heavy atom. The first-order chi connectivity index (χ1) is 20.3. The third kappa shape index (κ3) is 5.48. The number of hydrogen-bond acceptors (Lipinski definition) is 8. The van der Waals surface area contributed by atoms with Crippen molar-refractivity contribution < 1.29 is 22.4 Å². The van der Waals surface area contributed by atoms with Gasteiger partial charge >= 0.3 is 6.18 Å². The van der Waals surface area contributed by atoms with E-state index in [0.29, 0.717) is 30.7 Å². The second-order valence-electron chi connectivity index (χ2n) is 11.2. The highest BCUT2D eigenvalue weighted by Crippen LogP contribution is 2.40. The molecule has 1 unspecified atom stereocenters. The summed E-state index contributed by atoms with van der Waals surface area (Å²) in [6, 6.07) is 1.04. The minimum atomic E-state index is -5.03. The fourth-order valence-corrected chi connectivity index (χ4v) is 6.07. The minimum absolute atomic E-state index is 0.104. The number of fused-ring (bicyclic) bond motifs is 1. The van der Waals surface area contributed by atoms with Crippen LogP contribution in [0.15, 0.2) is 41.4 Å². The molecule has 0 spiro atoms. The number of likely N-dealkylation sites (N-methyl/N-ethyl adjacent to an activating group) is 1. The summed E-state index contributed by atoms with van der Waals surface area (Å²) >= 11 is 0. The quantitative estimate of drug-likeness (QED) is 0.380. The Bertz CT molecular complexity index is 1550. The number of rotatable bonds is 7. The van der Waals surface area contributed by atoms with Gasteiger partial charge in [0.1, 0.15) is 17.0 Å². The van der Waals surface area contributed by atoms with Gasteiger partial charge in [-0.2, -0.15) is 18.2 Å². The van der Waals surface area contributed by atoms with Gasteiger partial charge < -0.3 is 20.4 Å². The fourth-order valence-electron chi connectivity index (χ4n) is 6.07. The molecule has 14 heteroatoms. The SMILES string of the molecule is C=CC(=O)N1CCN(c2nc(N3CC(N(CC)CC)C3)nc3c(=O)n(C4=C(N)C=CCC4(C)F)c(C(F)(F)F)cc23)CC1. The molecule has 43 heavy (non-hydrogen) atoms. The molecule has 1 aliphatic carbocycles. The number of aromatic nitrogens is 3. The van der Waals surface area contributed by atoms with E-state index >= 15 is 4.39 Å². The van der Waals surface area contributed by atoms with E-state index in [1.54, 1.807) is 9.80 Å². The van der Waals surface area contributed by atoms with Crippen molar-refractivity contribution in [2.24, 2.45) is 5.73 Å². The second-order valence-corrected chi connectivity index (χ2v) is 11.2. The molecule has 3 aliphatic rings. The van der Waals surface area contributed by atoms with Crippen LogP contribution < -0.4 is 21.1 Å². The van der Waals surface area contributed by atoms with E-state index in [1.165, 1.54) is 18.2 Å². The number of carbonyl (C=O) groups excluding carboxylic acids is 1. The molecule has 0 saturated carbocycles. The number of allylic oxidation sites excluding steroid dienone is 3. The van der Waals surface area contributed by atoms with Gasteiger partial charge in [-0.15, -0.1) is 0 Å². The van der Waals surface area contributed by atoms with E-state index in [0.717, 1.165) is 26.1 Å². The minimum Gasteiger partial charge on any atom is -0.397 e. The highest BCUT2D eigenvalue weighted by molar-refractivity contribution is 5.92. The van der Waals surface area contributed by atoms with E-state index in [-0.39, 0.29) is 59.8 Å². The van der Waals surface area contributed by atoms with E-state index in [9.17, 15) is 22.8 Å². The maximum atomic E-state index is 15.8. The molecule has 0 radical (unpaired) electrons. The van der Waals surface area contributed by atoms with Gasteiger partial charge in [0.25, 0.3) is 5.56 Å². The van der Waals surface area contributed by atoms with Crippen LogP contribution in [0.1, 0.15) is 32.9 Å². The highest BCUT2D eigenvalue weighted by Gasteiger charge is 2.43. The fraction of sp³-hybridized carbons (Fsp3) is 0.517. The molecule has 2 fully saturated rings. The topological polar surface area (TPSA) is 104 Å². The number of anilines is 2. The average Bonchev–Trinajstić information content (AvgIpc) is 2.94. The zero-order chi connectivity index (χ0) is 31.3. The van der Waals surface area contributed by atoms with Crippen molar-refractivity contribution in [1.82, 2.24) is 24.3 Å². The molecule has 4 heterocycles. The summed E-state index contributed by atoms with van der Waals surface area (Å²) in [4.78, 5) is 42.9. The van der Waals surface area contributed by atoms with Gasteiger partial charge in [-0.25, -0.2) is 9.37 Å². The number of carbonyl (C=O) groups is 1. The predicted molar refractivity (Wildman–Crippen MR) is 157 cm³/mol. The Kier molecular flexibility index (Phi) is 8.01. The number of halogens is 4. The van der Waals surface area contributed by atoms with Gasteiger partial charge in [0, 0.05) is 51.7 Å². The molecule has 0 aromatic carbocycles. The van der Waals surface area contributed by atoms with Crippen LogP contribution in [0.4, 0.5) is 29.3 Å². The van der Waals surface area contributed by atoms with Gasteiger partial charge in [0.15, 0.2) is 5.67 Å². The van der Waals surface area contributed by atoms with Crippen LogP contribution in [0.3, 0.4) is 0 Å². The number of nitrogens with two attached hydrogens (primary N) is 1. The van der Waals surface area contributed by atoms with Crippen molar-refractivity contribution in [2.75, 3.05) is 62.2 Å². The van der Waals surface area contributed by atoms with Crippen molar-refractivity contribution in [1.29, 1.82) is 0 Å². The first-order valence-corrected chi connectivity index (χ1v) is 14.4. The first kappa shape index (κ1) is 30.5. The largest absolute Gasteiger partial charge is 0.431 e. The number of piperazine rings is 1. The Morgan fingerprint density at radius 2 is 1.81 bits per heavy atom. The lowest BCUT2D eigenvalue weighted by molar-refractivity contribution is -0.142. The zero-order valence-electron chi connectivity index (χ0n) is 24.5. The van der Waals surface area contributed by atoms with Crippen molar-refractivity contribution in [3.05, 3.63) is 52.6 Å². The van der Waals surface area contributed by atoms with Crippen LogP contribution in [0, 0.1) is 0 Å². The molecular weight excluding hydrogens is 568 g/mol. The van der Waals surface area contributed by atoms with Crippen LogP contribution in [0.2, 0.25) is 0 Å². The summed E-state index contributed by atoms with van der Waals surface area (Å²) < 4.78 is 59.9. The van der Waals surface area contributed by atoms with Crippen LogP contribution in [-0.4, -0.2) is 94.3 Å². The van der Waals surface area contributed by atoms with Gasteiger partial charge in [-0.05, 0) is 38.2 Å². The monoisotopic (exact) mass is 604 g/mol. The lowest BCUT2D eigenvalue weighted by Crippen LogP contribution is -2.60. The maximum Gasteiger partial charge on any atom is 0.431 e. The van der Waals surface area contributed by atoms with E-state index in [1.807, 2.05) is 4.90 Å². The van der Waals surface area contributed by atoms with Crippen molar-refractivity contribution >= 4 is 34.3 Å². The number of alkyl halides is 4. The Balaban J connectivity index is 1.71. The van der Waals surface area contributed by atoms with Gasteiger partial charge in [-0.1, -0.05) is 26.5 Å². The summed E-state index contributed by atoms with van der Waals surface area (Å²) in [5.41, 5.74) is 0.0691. The molecule has 2 saturated heterocycles. The molecule has 1 amide bonds. The summed E-state index contributed by atoms with van der Waals surface area (Å²) in [6.45, 7) is 12.7. The first-order valence-electron chi connectivity index (χ1n) is 14.4. The summed E-state index contributed by atoms with van der Waals surface area (Å²) in [7, 11) is 0. The van der Waals surface area contributed by atoms with E-state index in [2.05, 4.69) is 30.3 Å². The molecule has 0 bridgehead atoms. The third-order valence-corrected chi connectivity index (χ3v) is 8.46. The van der Waals surface area contributed by atoms with E-state index in [4.69, 9.17) is 10.7 Å². The predicted octanol–water partition coefficient (Wildman–Crippen LogP) is 2.99. The number of amides is 1. The molecule has 1 atom stereocenters. The van der Waals surface area contributed by atoms with Crippen LogP contribution in [0.25, 0.3) is 16.6 Å². The lowest BCUT2D eigenvalue weighted by Gasteiger charge is -2.45. The van der Waals surface area contributed by atoms with Crippen molar-refractivity contribution in [3.8, 4) is 0 Å². The molecule has 232 valence electrons. The summed E-state index contributed by atoms with van der Waals surface area (Å²) in [5, 5.41) is -0.104. The lowest BCUT2D eigenvalue weighted by atomic mass is 9.93. The highest BCUT2D eigenvalue weighted by atomic mass is 19.4. The standard InChI is InChI=1S/C29H36F4N8O2/c1-5-22(42)38-11-13-39(14-12-38)25-19-15-21(29(31,32)33)41(24-20(34)9-8-10-28(24,4)30)26(43)23(19)35-27(36-25)40-16-18(17-40)37(6-2)7-3/h5,8-9,15,18H,1,6-7,10-14,16-17,34H2,2-4H3. The second kappa shape index (κ2) is 11.3. The Morgan fingerprint density at radius 3 is 2.37 bits per heavy atom. The van der Waals surface area contributed by atoms with Crippen LogP contribution in [-0.2, 0) is 11.0 Å². The summed E-state index contributed by atoms with van der Waals surface area (Å²) in [6.07, 6.45) is -1.34.